The molecule has 0 fully saturated rings. The van der Waals surface area contributed by atoms with E-state index >= 15 is 0 Å². The minimum absolute atomic E-state index is 0.395. The molecule has 3 aromatic rings. The predicted molar refractivity (Wildman–Crippen MR) is 85.8 cm³/mol. The number of nitrogens with zero attached hydrogens (tertiary/aromatic N) is 2. The van der Waals surface area contributed by atoms with Crippen LogP contribution in [0.3, 0.4) is 0 Å². The highest BCUT2D eigenvalue weighted by Gasteiger charge is 2.16. The van der Waals surface area contributed by atoms with Gasteiger partial charge in [-0.1, -0.05) is 41.4 Å². The molecule has 0 radical (unpaired) electrons. The molecule has 0 aliphatic carbocycles. The summed E-state index contributed by atoms with van der Waals surface area (Å²) in [5.74, 6) is 0.815. The van der Waals surface area contributed by atoms with Crippen LogP contribution >= 0.6 is 23.2 Å². The second-order valence-corrected chi connectivity index (χ2v) is 5.81. The van der Waals surface area contributed by atoms with Crippen LogP contribution in [0.25, 0.3) is 11.0 Å². The van der Waals surface area contributed by atoms with E-state index < -0.39 is 6.10 Å². The van der Waals surface area contributed by atoms with Crippen molar-refractivity contribution in [3.05, 3.63) is 63.9 Å². The summed E-state index contributed by atoms with van der Waals surface area (Å²) < 4.78 is 1.99. The minimum atomic E-state index is -0.717. The molecule has 0 saturated heterocycles. The molecule has 1 heterocycles. The number of para-hydroxylation sites is 2. The molecule has 3 rings (SSSR count). The van der Waals surface area contributed by atoms with Gasteiger partial charge in [-0.2, -0.15) is 0 Å². The summed E-state index contributed by atoms with van der Waals surface area (Å²) >= 11 is 12.0. The van der Waals surface area contributed by atoms with Crippen molar-refractivity contribution in [2.45, 2.75) is 12.5 Å². The minimum Gasteiger partial charge on any atom is -0.388 e. The van der Waals surface area contributed by atoms with Gasteiger partial charge in [-0.3, -0.25) is 0 Å². The third-order valence-electron chi connectivity index (χ3n) is 3.58. The second kappa shape index (κ2) is 5.68. The molecule has 1 N–H and O–H groups in total. The Bertz CT molecular complexity index is 798. The van der Waals surface area contributed by atoms with Gasteiger partial charge in [0.15, 0.2) is 0 Å². The number of fused-ring (bicyclic) bond motifs is 1. The second-order valence-electron chi connectivity index (χ2n) is 4.96. The lowest BCUT2D eigenvalue weighted by Gasteiger charge is -2.13. The summed E-state index contributed by atoms with van der Waals surface area (Å²) in [6.45, 7) is 0. The lowest BCUT2D eigenvalue weighted by molar-refractivity contribution is 0.175. The zero-order valence-corrected chi connectivity index (χ0v) is 12.9. The smallest absolute Gasteiger partial charge is 0.112 e. The van der Waals surface area contributed by atoms with E-state index in [1.165, 1.54) is 0 Å². The Morgan fingerprint density at radius 1 is 1.19 bits per heavy atom. The molecular formula is C16H14Cl2N2O. The maximum Gasteiger partial charge on any atom is 0.112 e. The van der Waals surface area contributed by atoms with E-state index in [2.05, 4.69) is 4.98 Å². The van der Waals surface area contributed by atoms with Crippen molar-refractivity contribution in [1.29, 1.82) is 0 Å². The molecule has 1 atom stereocenters. The fraction of sp³-hybridized carbons (Fsp3) is 0.188. The first-order valence-corrected chi connectivity index (χ1v) is 7.35. The molecule has 0 aliphatic rings. The van der Waals surface area contributed by atoms with E-state index in [0.717, 1.165) is 16.9 Å². The van der Waals surface area contributed by atoms with Crippen LogP contribution in [0.2, 0.25) is 10.0 Å². The molecule has 0 spiro atoms. The Morgan fingerprint density at radius 2 is 1.95 bits per heavy atom. The van der Waals surface area contributed by atoms with E-state index in [1.807, 2.05) is 35.9 Å². The topological polar surface area (TPSA) is 38.0 Å². The summed E-state index contributed by atoms with van der Waals surface area (Å²) in [6.07, 6.45) is -0.322. The maximum atomic E-state index is 10.4. The Labute approximate surface area is 132 Å². The lowest BCUT2D eigenvalue weighted by atomic mass is 10.1. The van der Waals surface area contributed by atoms with E-state index in [0.29, 0.717) is 22.0 Å². The Morgan fingerprint density at radius 3 is 2.67 bits per heavy atom. The van der Waals surface area contributed by atoms with Gasteiger partial charge in [-0.15, -0.1) is 0 Å². The highest BCUT2D eigenvalue weighted by Crippen LogP contribution is 2.28. The zero-order chi connectivity index (χ0) is 15.0. The molecule has 0 bridgehead atoms. The molecule has 1 aromatic heterocycles. The van der Waals surface area contributed by atoms with Crippen molar-refractivity contribution in [1.82, 2.24) is 9.55 Å². The number of hydrogen-bond donors (Lipinski definition) is 1. The quantitative estimate of drug-likeness (QED) is 0.787. The average molecular weight is 321 g/mol. The van der Waals surface area contributed by atoms with Gasteiger partial charge in [0, 0.05) is 23.5 Å². The summed E-state index contributed by atoms with van der Waals surface area (Å²) in [5.41, 5.74) is 2.62. The van der Waals surface area contributed by atoms with E-state index in [1.54, 1.807) is 18.2 Å². The highest BCUT2D eigenvalue weighted by atomic mass is 35.5. The van der Waals surface area contributed by atoms with Gasteiger partial charge in [0.2, 0.25) is 0 Å². The molecular weight excluding hydrogens is 307 g/mol. The van der Waals surface area contributed by atoms with Crippen LogP contribution in [0.4, 0.5) is 0 Å². The Hall–Kier alpha value is -1.55. The summed E-state index contributed by atoms with van der Waals surface area (Å²) in [6, 6.07) is 13.0. The van der Waals surface area contributed by atoms with Crippen LogP contribution in [0.15, 0.2) is 42.5 Å². The summed E-state index contributed by atoms with van der Waals surface area (Å²) in [4.78, 5) is 4.56. The molecule has 0 amide bonds. The Balaban J connectivity index is 1.92. The van der Waals surface area contributed by atoms with Crippen molar-refractivity contribution < 1.29 is 5.11 Å². The number of aliphatic hydroxyl groups excluding tert-OH is 1. The fourth-order valence-corrected chi connectivity index (χ4v) is 2.97. The Kier molecular flexibility index (Phi) is 3.89. The largest absolute Gasteiger partial charge is 0.388 e. The summed E-state index contributed by atoms with van der Waals surface area (Å²) in [7, 11) is 1.95. The molecule has 1 unspecified atom stereocenters. The first-order chi connectivity index (χ1) is 10.1. The van der Waals surface area contributed by atoms with E-state index in [4.69, 9.17) is 23.2 Å². The molecule has 5 heteroatoms. The van der Waals surface area contributed by atoms with Gasteiger partial charge in [0.05, 0.1) is 17.1 Å². The normalized spacial score (nSPS) is 12.8. The SMILES string of the molecule is Cn1c(CC(O)c2ccc(Cl)cc2Cl)nc2ccccc21. The molecule has 3 nitrogen and oxygen atoms in total. The first kappa shape index (κ1) is 14.4. The number of halogens is 2. The van der Waals surface area contributed by atoms with E-state index in [-0.39, 0.29) is 0 Å². The standard InChI is InChI=1S/C16H14Cl2N2O/c1-20-14-5-3-2-4-13(14)19-16(20)9-15(21)11-7-6-10(17)8-12(11)18/h2-8,15,21H,9H2,1H3. The number of aliphatic hydroxyl groups is 1. The van der Waals surface area contributed by atoms with Crippen LogP contribution in [0.1, 0.15) is 17.5 Å². The fourth-order valence-electron chi connectivity index (χ4n) is 2.43. The molecule has 2 aromatic carbocycles. The van der Waals surface area contributed by atoms with Gasteiger partial charge in [-0.05, 0) is 29.8 Å². The number of benzene rings is 2. The van der Waals surface area contributed by atoms with E-state index in [9.17, 15) is 5.11 Å². The van der Waals surface area contributed by atoms with Gasteiger partial charge in [0.1, 0.15) is 5.82 Å². The zero-order valence-electron chi connectivity index (χ0n) is 11.4. The van der Waals surface area contributed by atoms with Crippen molar-refractivity contribution >= 4 is 34.2 Å². The summed E-state index contributed by atoms with van der Waals surface area (Å²) in [5, 5.41) is 11.4. The lowest BCUT2D eigenvalue weighted by Crippen LogP contribution is -2.07. The van der Waals surface area contributed by atoms with Gasteiger partial charge in [-0.25, -0.2) is 4.98 Å². The van der Waals surface area contributed by atoms with Crippen LogP contribution in [-0.2, 0) is 13.5 Å². The third-order valence-corrected chi connectivity index (χ3v) is 4.14. The molecule has 0 aliphatic heterocycles. The molecule has 108 valence electrons. The van der Waals surface area contributed by atoms with Crippen molar-refractivity contribution in [3.63, 3.8) is 0 Å². The average Bonchev–Trinajstić information content (AvgIpc) is 2.76. The number of aryl methyl sites for hydroxylation is 1. The van der Waals surface area contributed by atoms with Crippen LogP contribution in [-0.4, -0.2) is 14.7 Å². The maximum absolute atomic E-state index is 10.4. The van der Waals surface area contributed by atoms with Crippen molar-refractivity contribution in [2.24, 2.45) is 7.05 Å². The van der Waals surface area contributed by atoms with Crippen molar-refractivity contribution in [3.8, 4) is 0 Å². The first-order valence-electron chi connectivity index (χ1n) is 6.59. The number of hydrogen-bond acceptors (Lipinski definition) is 2. The molecule has 0 saturated carbocycles. The van der Waals surface area contributed by atoms with Crippen LogP contribution in [0, 0.1) is 0 Å². The van der Waals surface area contributed by atoms with Crippen LogP contribution < -0.4 is 0 Å². The number of aromatic nitrogens is 2. The van der Waals surface area contributed by atoms with Gasteiger partial charge < -0.3 is 9.67 Å². The van der Waals surface area contributed by atoms with Gasteiger partial charge >= 0.3 is 0 Å². The third kappa shape index (κ3) is 2.77. The number of imidazole rings is 1. The highest BCUT2D eigenvalue weighted by molar-refractivity contribution is 6.35. The van der Waals surface area contributed by atoms with Crippen molar-refractivity contribution in [2.75, 3.05) is 0 Å². The predicted octanol–water partition coefficient (Wildman–Crippen LogP) is 4.16. The number of rotatable bonds is 3. The monoisotopic (exact) mass is 320 g/mol. The van der Waals surface area contributed by atoms with Gasteiger partial charge in [0.25, 0.3) is 0 Å². The molecule has 21 heavy (non-hydrogen) atoms. The van der Waals surface area contributed by atoms with Crippen LogP contribution in [0.5, 0.6) is 0 Å².